The summed E-state index contributed by atoms with van der Waals surface area (Å²) in [4.78, 5) is 5.41. The zero-order valence-electron chi connectivity index (χ0n) is 9.66. The molecule has 1 aromatic carbocycles. The van der Waals surface area contributed by atoms with Gasteiger partial charge in [0.05, 0.1) is 5.69 Å². The summed E-state index contributed by atoms with van der Waals surface area (Å²) < 4.78 is 6.55. The minimum atomic E-state index is 0.542. The van der Waals surface area contributed by atoms with Crippen LogP contribution in [-0.2, 0) is 6.54 Å². The number of nitrogens with zero attached hydrogens (tertiary/aromatic N) is 1. The topological polar surface area (TPSA) is 52.0 Å². The molecule has 0 atom stereocenters. The van der Waals surface area contributed by atoms with Crippen molar-refractivity contribution in [2.24, 2.45) is 5.73 Å². The Morgan fingerprint density at radius 3 is 2.71 bits per heavy atom. The molecule has 0 bridgehead atoms. The van der Waals surface area contributed by atoms with Gasteiger partial charge in [0.2, 0.25) is 0 Å². The van der Waals surface area contributed by atoms with Gasteiger partial charge in [0.15, 0.2) is 0 Å². The fourth-order valence-electron chi connectivity index (χ4n) is 1.34. The molecule has 0 unspecified atom stereocenters. The van der Waals surface area contributed by atoms with Crippen LogP contribution >= 0.6 is 27.7 Å². The average Bonchev–Trinajstić information content (AvgIpc) is 2.61. The van der Waals surface area contributed by atoms with E-state index in [9.17, 15) is 0 Å². The highest BCUT2D eigenvalue weighted by atomic mass is 79.9. The third kappa shape index (κ3) is 2.91. The number of aryl methyl sites for hydroxylation is 2. The van der Waals surface area contributed by atoms with Gasteiger partial charge in [0, 0.05) is 15.9 Å². The molecule has 0 spiro atoms. The first-order valence-corrected chi connectivity index (χ1v) is 6.81. The van der Waals surface area contributed by atoms with Crippen LogP contribution in [0, 0.1) is 13.8 Å². The van der Waals surface area contributed by atoms with Gasteiger partial charge < -0.3 is 10.2 Å². The van der Waals surface area contributed by atoms with E-state index in [-0.39, 0.29) is 0 Å². The Labute approximate surface area is 113 Å². The Kier molecular flexibility index (Phi) is 3.91. The van der Waals surface area contributed by atoms with Crippen LogP contribution in [-0.4, -0.2) is 4.98 Å². The van der Waals surface area contributed by atoms with E-state index in [1.165, 1.54) is 11.8 Å². The molecule has 0 radical (unpaired) electrons. The molecule has 17 heavy (non-hydrogen) atoms. The highest BCUT2D eigenvalue weighted by molar-refractivity contribution is 9.10. The fraction of sp³-hybridized carbons (Fsp3) is 0.250. The minimum Gasteiger partial charge on any atom is -0.436 e. The van der Waals surface area contributed by atoms with Crippen LogP contribution in [0.15, 0.2) is 37.2 Å². The maximum atomic E-state index is 5.59. The lowest BCUT2D eigenvalue weighted by Gasteiger charge is -2.03. The second-order valence-corrected chi connectivity index (χ2v) is 5.54. The van der Waals surface area contributed by atoms with Crippen molar-refractivity contribution in [3.63, 3.8) is 0 Å². The van der Waals surface area contributed by atoms with Crippen molar-refractivity contribution in [1.29, 1.82) is 0 Å². The van der Waals surface area contributed by atoms with Gasteiger partial charge in [-0.05, 0) is 59.2 Å². The van der Waals surface area contributed by atoms with Crippen LogP contribution in [0.2, 0.25) is 0 Å². The maximum Gasteiger partial charge on any atom is 0.261 e. The molecule has 0 aliphatic rings. The van der Waals surface area contributed by atoms with Crippen molar-refractivity contribution in [2.75, 3.05) is 0 Å². The van der Waals surface area contributed by atoms with Crippen LogP contribution in [0.3, 0.4) is 0 Å². The Morgan fingerprint density at radius 1 is 1.41 bits per heavy atom. The van der Waals surface area contributed by atoms with E-state index in [1.54, 1.807) is 0 Å². The molecule has 3 nitrogen and oxygen atoms in total. The van der Waals surface area contributed by atoms with E-state index in [2.05, 4.69) is 20.9 Å². The Hall–Kier alpha value is -0.780. The zero-order valence-corrected chi connectivity index (χ0v) is 12.1. The molecule has 0 aliphatic carbocycles. The normalized spacial score (nSPS) is 10.8. The first kappa shape index (κ1) is 12.7. The largest absolute Gasteiger partial charge is 0.436 e. The highest BCUT2D eigenvalue weighted by Crippen LogP contribution is 2.34. The van der Waals surface area contributed by atoms with E-state index < -0.39 is 0 Å². The SMILES string of the molecule is Cc1nc(Sc2ccc(CN)cc2Br)oc1C. The average molecular weight is 313 g/mol. The summed E-state index contributed by atoms with van der Waals surface area (Å²) in [7, 11) is 0. The van der Waals surface area contributed by atoms with Gasteiger partial charge in [0.1, 0.15) is 5.76 Å². The smallest absolute Gasteiger partial charge is 0.261 e. The van der Waals surface area contributed by atoms with Gasteiger partial charge in [-0.15, -0.1) is 0 Å². The molecule has 90 valence electrons. The van der Waals surface area contributed by atoms with Crippen LogP contribution < -0.4 is 5.73 Å². The number of nitrogens with two attached hydrogens (primary N) is 1. The first-order valence-electron chi connectivity index (χ1n) is 5.20. The summed E-state index contributed by atoms with van der Waals surface area (Å²) in [5.74, 6) is 0.863. The number of aromatic nitrogens is 1. The monoisotopic (exact) mass is 312 g/mol. The molecule has 0 fully saturated rings. The van der Waals surface area contributed by atoms with Crippen LogP contribution in [0.1, 0.15) is 17.0 Å². The molecule has 5 heteroatoms. The summed E-state index contributed by atoms with van der Waals surface area (Å²) in [5.41, 5.74) is 7.62. The van der Waals surface area contributed by atoms with Crippen molar-refractivity contribution < 1.29 is 4.42 Å². The summed E-state index contributed by atoms with van der Waals surface area (Å²) in [5, 5.41) is 0.668. The Bertz CT molecular complexity index is 520. The van der Waals surface area contributed by atoms with Gasteiger partial charge >= 0.3 is 0 Å². The van der Waals surface area contributed by atoms with Gasteiger partial charge in [-0.2, -0.15) is 0 Å². The molecule has 0 saturated heterocycles. The second-order valence-electron chi connectivity index (χ2n) is 3.69. The van der Waals surface area contributed by atoms with Crippen molar-refractivity contribution in [2.45, 2.75) is 30.5 Å². The summed E-state index contributed by atoms with van der Waals surface area (Å²) in [6.45, 7) is 4.40. The number of rotatable bonds is 3. The number of oxazole rings is 1. The molecular weight excluding hydrogens is 300 g/mol. The summed E-state index contributed by atoms with van der Waals surface area (Å²) in [6, 6.07) is 6.05. The summed E-state index contributed by atoms with van der Waals surface area (Å²) >= 11 is 5.03. The van der Waals surface area contributed by atoms with Crippen molar-refractivity contribution in [3.8, 4) is 0 Å². The second kappa shape index (κ2) is 5.25. The highest BCUT2D eigenvalue weighted by Gasteiger charge is 2.09. The Balaban J connectivity index is 2.24. The zero-order chi connectivity index (χ0) is 12.4. The molecule has 1 aromatic heterocycles. The number of benzene rings is 1. The first-order chi connectivity index (χ1) is 8.10. The predicted molar refractivity (Wildman–Crippen MR) is 72.1 cm³/mol. The number of hydrogen-bond donors (Lipinski definition) is 1. The third-order valence-corrected chi connectivity index (χ3v) is 4.28. The molecule has 1 heterocycles. The lowest BCUT2D eigenvalue weighted by Crippen LogP contribution is -1.95. The number of halogens is 1. The van der Waals surface area contributed by atoms with E-state index in [4.69, 9.17) is 10.2 Å². The van der Waals surface area contributed by atoms with Gasteiger partial charge in [0.25, 0.3) is 5.22 Å². The van der Waals surface area contributed by atoms with Crippen molar-refractivity contribution in [1.82, 2.24) is 4.98 Å². The molecule has 0 amide bonds. The molecule has 0 saturated carbocycles. The van der Waals surface area contributed by atoms with Crippen LogP contribution in [0.5, 0.6) is 0 Å². The summed E-state index contributed by atoms with van der Waals surface area (Å²) in [6.07, 6.45) is 0. The molecule has 2 aromatic rings. The lowest BCUT2D eigenvalue weighted by molar-refractivity contribution is 0.431. The van der Waals surface area contributed by atoms with Crippen molar-refractivity contribution >= 4 is 27.7 Å². The Morgan fingerprint density at radius 2 is 2.18 bits per heavy atom. The van der Waals surface area contributed by atoms with E-state index >= 15 is 0 Å². The molecule has 0 aliphatic heterocycles. The third-order valence-electron chi connectivity index (χ3n) is 2.44. The van der Waals surface area contributed by atoms with Gasteiger partial charge in [-0.1, -0.05) is 6.07 Å². The lowest BCUT2D eigenvalue weighted by atomic mass is 10.2. The molecular formula is C12H13BrN2OS. The fourth-order valence-corrected chi connectivity index (χ4v) is 2.83. The number of hydrogen-bond acceptors (Lipinski definition) is 4. The molecule has 2 rings (SSSR count). The quantitative estimate of drug-likeness (QED) is 0.939. The van der Waals surface area contributed by atoms with E-state index in [0.29, 0.717) is 11.8 Å². The standard InChI is InChI=1S/C12H13BrN2OS/c1-7-8(2)16-12(15-7)17-11-4-3-9(6-14)5-10(11)13/h3-5H,6,14H2,1-2H3. The van der Waals surface area contributed by atoms with Crippen molar-refractivity contribution in [3.05, 3.63) is 39.7 Å². The van der Waals surface area contributed by atoms with Crippen LogP contribution in [0.25, 0.3) is 0 Å². The minimum absolute atomic E-state index is 0.542. The maximum absolute atomic E-state index is 5.59. The van der Waals surface area contributed by atoms with Gasteiger partial charge in [-0.25, -0.2) is 4.98 Å². The predicted octanol–water partition coefficient (Wildman–Crippen LogP) is 3.66. The van der Waals surface area contributed by atoms with Gasteiger partial charge in [-0.3, -0.25) is 0 Å². The van der Waals surface area contributed by atoms with E-state index in [0.717, 1.165) is 26.4 Å². The molecule has 2 N–H and O–H groups in total. The van der Waals surface area contributed by atoms with E-state index in [1.807, 2.05) is 32.0 Å². The van der Waals surface area contributed by atoms with Crippen LogP contribution in [0.4, 0.5) is 0 Å².